The van der Waals surface area contributed by atoms with Crippen LogP contribution >= 0.6 is 11.6 Å². The van der Waals surface area contributed by atoms with Crippen molar-refractivity contribution in [1.29, 1.82) is 0 Å². The molecule has 0 amide bonds. The summed E-state index contributed by atoms with van der Waals surface area (Å²) in [5.41, 5.74) is 1.17. The van der Waals surface area contributed by atoms with E-state index in [4.69, 9.17) is 11.6 Å². The predicted molar refractivity (Wildman–Crippen MR) is 122 cm³/mol. The third-order valence-corrected chi connectivity index (χ3v) is 6.82. The Kier molecular flexibility index (Phi) is 14.8. The maximum atomic E-state index is 12.3. The Morgan fingerprint density at radius 3 is 1.74 bits per heavy atom. The summed E-state index contributed by atoms with van der Waals surface area (Å²) >= 11 is 6.22. The molecule has 1 aromatic carbocycles. The molecule has 0 heterocycles. The van der Waals surface area contributed by atoms with Gasteiger partial charge in [0.1, 0.15) is 4.36 Å². The fraction of sp³-hybridized carbons (Fsp3) is 0.667. The maximum Gasteiger partial charge on any atom is 0.106 e. The minimum atomic E-state index is -1.23. The highest BCUT2D eigenvalue weighted by Crippen LogP contribution is 2.20. The molecule has 0 saturated heterocycles. The first-order valence-corrected chi connectivity index (χ1v) is 12.5. The first-order chi connectivity index (χ1) is 13.1. The van der Waals surface area contributed by atoms with Crippen LogP contribution < -0.4 is 0 Å². The number of allylic oxidation sites excluding steroid dienone is 1. The van der Waals surface area contributed by atoms with Crippen molar-refractivity contribution in [3.63, 3.8) is 0 Å². The van der Waals surface area contributed by atoms with Crippen LogP contribution in [0.25, 0.3) is 0 Å². The van der Waals surface area contributed by atoms with Crippen molar-refractivity contribution >= 4 is 22.4 Å². The van der Waals surface area contributed by atoms with Crippen molar-refractivity contribution in [2.75, 3.05) is 0 Å². The van der Waals surface area contributed by atoms with E-state index in [1.165, 1.54) is 82.6 Å². The van der Waals surface area contributed by atoms with Gasteiger partial charge in [0.05, 0.1) is 10.8 Å². The first kappa shape index (κ1) is 24.4. The van der Waals surface area contributed by atoms with E-state index in [9.17, 15) is 4.21 Å². The zero-order chi connectivity index (χ0) is 19.7. The lowest BCUT2D eigenvalue weighted by atomic mass is 10.0. The quantitative estimate of drug-likeness (QED) is 0.249. The van der Waals surface area contributed by atoms with Crippen LogP contribution in [0, 0.1) is 6.92 Å². The van der Waals surface area contributed by atoms with Gasteiger partial charge in [0.15, 0.2) is 0 Å². The minimum absolute atomic E-state index is 0.470. The second-order valence-corrected chi connectivity index (χ2v) is 9.70. The molecule has 0 fully saturated rings. The summed E-state index contributed by atoms with van der Waals surface area (Å²) in [6.07, 6.45) is 20.5. The molecule has 154 valence electrons. The van der Waals surface area contributed by atoms with Crippen LogP contribution in [0.3, 0.4) is 0 Å². The lowest BCUT2D eigenvalue weighted by molar-refractivity contribution is 0.540. The molecule has 0 bridgehead atoms. The van der Waals surface area contributed by atoms with Gasteiger partial charge < -0.3 is 0 Å². The van der Waals surface area contributed by atoms with E-state index in [1.54, 1.807) is 0 Å². The van der Waals surface area contributed by atoms with Crippen molar-refractivity contribution in [2.24, 2.45) is 0 Å². The number of unbranched alkanes of at least 4 members (excludes halogenated alkanes) is 13. The Morgan fingerprint density at radius 1 is 0.815 bits per heavy atom. The van der Waals surface area contributed by atoms with E-state index in [-0.39, 0.29) is 0 Å². The van der Waals surface area contributed by atoms with E-state index in [1.807, 2.05) is 37.3 Å². The Hall–Kier alpha value is -0.600. The van der Waals surface area contributed by atoms with Crippen molar-refractivity contribution < 1.29 is 4.21 Å². The molecular weight excluding hydrogens is 372 g/mol. The van der Waals surface area contributed by atoms with Gasteiger partial charge in [0, 0.05) is 4.90 Å². The largest absolute Gasteiger partial charge is 0.248 e. The van der Waals surface area contributed by atoms with Crippen molar-refractivity contribution in [3.05, 3.63) is 40.3 Å². The van der Waals surface area contributed by atoms with E-state index in [0.717, 1.165) is 17.7 Å². The number of rotatable bonds is 16. The molecule has 1 nitrogen and oxygen atoms in total. The SMILES string of the molecule is CCCCCCCCCCCCCCC/C=C(\Cl)S(=O)c1ccc(C)cc1. The molecular formula is C24H39ClOS. The van der Waals surface area contributed by atoms with E-state index in [0.29, 0.717) is 4.36 Å². The van der Waals surface area contributed by atoms with Gasteiger partial charge in [-0.25, -0.2) is 4.21 Å². The number of aryl methyl sites for hydroxylation is 1. The Bertz CT molecular complexity index is 536. The van der Waals surface area contributed by atoms with Crippen molar-refractivity contribution in [2.45, 2.75) is 109 Å². The van der Waals surface area contributed by atoms with Crippen LogP contribution in [0.1, 0.15) is 102 Å². The highest BCUT2D eigenvalue weighted by atomic mass is 35.5. The smallest absolute Gasteiger partial charge is 0.106 e. The van der Waals surface area contributed by atoms with Crippen LogP contribution in [-0.4, -0.2) is 4.21 Å². The predicted octanol–water partition coefficient (Wildman–Crippen LogP) is 8.66. The van der Waals surface area contributed by atoms with E-state index >= 15 is 0 Å². The van der Waals surface area contributed by atoms with Gasteiger partial charge in [-0.1, -0.05) is 119 Å². The lowest BCUT2D eigenvalue weighted by Gasteiger charge is -2.03. The fourth-order valence-electron chi connectivity index (χ4n) is 3.23. The molecule has 27 heavy (non-hydrogen) atoms. The Labute approximate surface area is 175 Å². The topological polar surface area (TPSA) is 17.1 Å². The lowest BCUT2D eigenvalue weighted by Crippen LogP contribution is -1.91. The molecule has 0 aliphatic rings. The number of hydrogen-bond acceptors (Lipinski definition) is 1. The molecule has 0 radical (unpaired) electrons. The summed E-state index contributed by atoms with van der Waals surface area (Å²) in [5, 5.41) is 0. The summed E-state index contributed by atoms with van der Waals surface area (Å²) in [7, 11) is -1.23. The summed E-state index contributed by atoms with van der Waals surface area (Å²) in [4.78, 5) is 0.784. The van der Waals surface area contributed by atoms with E-state index < -0.39 is 10.8 Å². The third-order valence-electron chi connectivity index (χ3n) is 5.02. The molecule has 1 atom stereocenters. The minimum Gasteiger partial charge on any atom is -0.248 e. The van der Waals surface area contributed by atoms with Gasteiger partial charge in [-0.2, -0.15) is 0 Å². The zero-order valence-corrected chi connectivity index (χ0v) is 19.1. The third kappa shape index (κ3) is 12.5. The average molecular weight is 411 g/mol. The van der Waals surface area contributed by atoms with Gasteiger partial charge in [0.2, 0.25) is 0 Å². The second-order valence-electron chi connectivity index (χ2n) is 7.62. The summed E-state index contributed by atoms with van der Waals surface area (Å²) < 4.78 is 12.8. The van der Waals surface area contributed by atoms with Gasteiger partial charge >= 0.3 is 0 Å². The number of benzene rings is 1. The fourth-order valence-corrected chi connectivity index (χ4v) is 4.48. The summed E-state index contributed by atoms with van der Waals surface area (Å²) in [6.45, 7) is 4.30. The summed E-state index contributed by atoms with van der Waals surface area (Å²) in [6, 6.07) is 7.74. The standard InChI is InChI=1S/C24H39ClOS/c1-3-4-5-6-7-8-9-10-11-12-13-14-15-16-17-24(25)27(26)23-20-18-22(2)19-21-23/h17-21H,3-16H2,1-2H3/b24-17+. The first-order valence-electron chi connectivity index (χ1n) is 11.0. The number of hydrogen-bond donors (Lipinski definition) is 0. The highest BCUT2D eigenvalue weighted by Gasteiger charge is 2.07. The number of halogens is 1. The molecule has 0 aromatic heterocycles. The average Bonchev–Trinajstić information content (AvgIpc) is 2.68. The van der Waals surface area contributed by atoms with Crippen LogP contribution in [-0.2, 0) is 10.8 Å². The van der Waals surface area contributed by atoms with Gasteiger partial charge in [-0.3, -0.25) is 0 Å². The Morgan fingerprint density at radius 2 is 1.26 bits per heavy atom. The normalized spacial score (nSPS) is 13.1. The molecule has 0 aliphatic carbocycles. The molecule has 1 aromatic rings. The summed E-state index contributed by atoms with van der Waals surface area (Å²) in [5.74, 6) is 0. The molecule has 0 N–H and O–H groups in total. The van der Waals surface area contributed by atoms with Gasteiger partial charge in [-0.15, -0.1) is 0 Å². The maximum absolute atomic E-state index is 12.3. The van der Waals surface area contributed by atoms with Gasteiger partial charge in [0.25, 0.3) is 0 Å². The second kappa shape index (κ2) is 16.4. The Balaban J connectivity index is 1.98. The zero-order valence-electron chi connectivity index (χ0n) is 17.5. The van der Waals surface area contributed by atoms with Crippen molar-refractivity contribution in [3.8, 4) is 0 Å². The van der Waals surface area contributed by atoms with Crippen LogP contribution in [0.5, 0.6) is 0 Å². The van der Waals surface area contributed by atoms with Crippen LogP contribution in [0.2, 0.25) is 0 Å². The van der Waals surface area contributed by atoms with E-state index in [2.05, 4.69) is 6.92 Å². The molecule has 0 aliphatic heterocycles. The molecule has 1 unspecified atom stereocenters. The van der Waals surface area contributed by atoms with Crippen LogP contribution in [0.4, 0.5) is 0 Å². The van der Waals surface area contributed by atoms with Crippen molar-refractivity contribution in [1.82, 2.24) is 0 Å². The molecule has 0 spiro atoms. The van der Waals surface area contributed by atoms with Gasteiger partial charge in [-0.05, 0) is 31.9 Å². The molecule has 1 rings (SSSR count). The highest BCUT2D eigenvalue weighted by molar-refractivity contribution is 7.90. The monoisotopic (exact) mass is 410 g/mol. The molecule has 0 saturated carbocycles. The van der Waals surface area contributed by atoms with Crippen LogP contribution in [0.15, 0.2) is 39.6 Å². The molecule has 3 heteroatoms.